The number of rotatable bonds is 3. The first-order valence-electron chi connectivity index (χ1n) is 7.64. The fourth-order valence-corrected chi connectivity index (χ4v) is 3.52. The van der Waals surface area contributed by atoms with Crippen LogP contribution in [-0.4, -0.2) is 42.1 Å². The molecule has 0 aliphatic carbocycles. The highest BCUT2D eigenvalue weighted by molar-refractivity contribution is 5.93. The molecule has 2 fully saturated rings. The largest absolute Gasteiger partial charge is 0.366 e. The summed E-state index contributed by atoms with van der Waals surface area (Å²) in [6.07, 6.45) is 2.11. The van der Waals surface area contributed by atoms with Crippen molar-refractivity contribution in [2.45, 2.75) is 19.4 Å². The van der Waals surface area contributed by atoms with E-state index < -0.39 is 0 Å². The first-order chi connectivity index (χ1) is 10.8. The van der Waals surface area contributed by atoms with E-state index in [9.17, 15) is 4.79 Å². The van der Waals surface area contributed by atoms with E-state index >= 15 is 0 Å². The third-order valence-electron chi connectivity index (χ3n) is 4.69. The molecule has 0 bridgehead atoms. The van der Waals surface area contributed by atoms with Gasteiger partial charge in [0.1, 0.15) is 0 Å². The number of aromatic nitrogens is 2. The molecular formula is C16H18N4O2. The van der Waals surface area contributed by atoms with Crippen LogP contribution in [0.2, 0.25) is 0 Å². The molecule has 6 nitrogen and oxygen atoms in total. The molecule has 22 heavy (non-hydrogen) atoms. The monoisotopic (exact) mass is 298 g/mol. The quantitative estimate of drug-likeness (QED) is 0.869. The summed E-state index contributed by atoms with van der Waals surface area (Å²) in [7, 11) is 0. The molecule has 4 rings (SSSR count). The summed E-state index contributed by atoms with van der Waals surface area (Å²) in [5.74, 6) is 1.70. The maximum Gasteiger partial charge on any atom is 0.258 e. The fraction of sp³-hybridized carbons (Fsp3) is 0.438. The number of nitrogens with one attached hydrogen (secondary N) is 1. The Morgan fingerprint density at radius 3 is 3.09 bits per heavy atom. The van der Waals surface area contributed by atoms with Gasteiger partial charge in [0.05, 0.1) is 11.1 Å². The lowest BCUT2D eigenvalue weighted by molar-refractivity contribution is 0.112. The number of nitrogens with zero attached hydrogens (tertiary/aromatic N) is 3. The highest BCUT2D eigenvalue weighted by atomic mass is 16.5. The zero-order chi connectivity index (χ0) is 15.1. The van der Waals surface area contributed by atoms with Crippen LogP contribution in [0.1, 0.15) is 22.6 Å². The second-order valence-corrected chi connectivity index (χ2v) is 5.98. The summed E-state index contributed by atoms with van der Waals surface area (Å²) in [5.41, 5.74) is 2.31. The van der Waals surface area contributed by atoms with E-state index in [0.717, 1.165) is 37.5 Å². The number of aryl methyl sites for hydroxylation is 1. The number of carbonyl (C=O) groups is 1. The summed E-state index contributed by atoms with van der Waals surface area (Å²) < 4.78 is 5.23. The number of anilines is 1. The summed E-state index contributed by atoms with van der Waals surface area (Å²) in [5, 5.41) is 7.25. The number of hydrogen-bond donors (Lipinski definition) is 1. The minimum atomic E-state index is 0.403. The average Bonchev–Trinajstić information content (AvgIpc) is 2.94. The molecule has 114 valence electrons. The maximum atomic E-state index is 11.7. The molecule has 0 amide bonds. The number of benzene rings is 1. The van der Waals surface area contributed by atoms with Crippen molar-refractivity contribution in [1.82, 2.24) is 15.5 Å². The molecule has 0 unspecified atom stereocenters. The van der Waals surface area contributed by atoms with Gasteiger partial charge in [-0.15, -0.1) is 0 Å². The van der Waals surface area contributed by atoms with Gasteiger partial charge in [0.25, 0.3) is 5.89 Å². The van der Waals surface area contributed by atoms with Crippen LogP contribution in [0, 0.1) is 12.8 Å². The lowest BCUT2D eigenvalue weighted by atomic mass is 9.82. The van der Waals surface area contributed by atoms with E-state index in [0.29, 0.717) is 28.9 Å². The Bertz CT molecular complexity index is 712. The molecule has 1 aromatic carbocycles. The highest BCUT2D eigenvalue weighted by Crippen LogP contribution is 2.38. The van der Waals surface area contributed by atoms with Gasteiger partial charge in [-0.05, 0) is 37.9 Å². The summed E-state index contributed by atoms with van der Waals surface area (Å²) >= 11 is 0. The highest BCUT2D eigenvalue weighted by Gasteiger charge is 2.41. The number of carbonyl (C=O) groups excluding carboxylic acids is 1. The van der Waals surface area contributed by atoms with E-state index in [-0.39, 0.29) is 0 Å². The van der Waals surface area contributed by atoms with E-state index in [1.54, 1.807) is 6.92 Å². The number of aldehydes is 1. The first kappa shape index (κ1) is 13.5. The third kappa shape index (κ3) is 2.02. The smallest absolute Gasteiger partial charge is 0.258 e. The normalized spacial score (nSPS) is 23.8. The van der Waals surface area contributed by atoms with Crippen LogP contribution >= 0.6 is 0 Å². The Labute approximate surface area is 128 Å². The van der Waals surface area contributed by atoms with Gasteiger partial charge < -0.3 is 14.7 Å². The molecule has 1 N–H and O–H groups in total. The standard InChI is InChI=1S/C16H18N4O2/c1-10-18-16(22-19-10)12-3-2-4-14(13(12)9-21)20-8-11-5-6-17-7-15(11)20/h2-4,9,11,15,17H,5-8H2,1H3/t11-,15-/m1/s1. The maximum absolute atomic E-state index is 11.7. The van der Waals surface area contributed by atoms with E-state index in [4.69, 9.17) is 4.52 Å². The van der Waals surface area contributed by atoms with Gasteiger partial charge in [0.15, 0.2) is 12.1 Å². The first-order valence-corrected chi connectivity index (χ1v) is 7.64. The van der Waals surface area contributed by atoms with Gasteiger partial charge in [-0.1, -0.05) is 11.2 Å². The lowest BCUT2D eigenvalue weighted by Crippen LogP contribution is -2.63. The zero-order valence-corrected chi connectivity index (χ0v) is 12.5. The average molecular weight is 298 g/mol. The van der Waals surface area contributed by atoms with Crippen molar-refractivity contribution in [3.63, 3.8) is 0 Å². The lowest BCUT2D eigenvalue weighted by Gasteiger charge is -2.52. The molecule has 2 aliphatic rings. The SMILES string of the molecule is Cc1noc(-c2cccc(N3C[C@H]4CCNC[C@H]43)c2C=O)n1. The van der Waals surface area contributed by atoms with E-state index in [2.05, 4.69) is 20.4 Å². The van der Waals surface area contributed by atoms with E-state index in [1.807, 2.05) is 18.2 Å². The summed E-state index contributed by atoms with van der Waals surface area (Å²) in [6, 6.07) is 6.28. The van der Waals surface area contributed by atoms with Crippen molar-refractivity contribution >= 4 is 12.0 Å². The Morgan fingerprint density at radius 1 is 1.45 bits per heavy atom. The molecular weight excluding hydrogens is 280 g/mol. The molecule has 3 heterocycles. The molecule has 0 saturated carbocycles. The van der Waals surface area contributed by atoms with Crippen molar-refractivity contribution in [3.05, 3.63) is 29.6 Å². The fourth-order valence-electron chi connectivity index (χ4n) is 3.52. The number of hydrogen-bond acceptors (Lipinski definition) is 6. The molecule has 0 radical (unpaired) electrons. The van der Waals surface area contributed by atoms with E-state index in [1.165, 1.54) is 6.42 Å². The van der Waals surface area contributed by atoms with Crippen LogP contribution in [-0.2, 0) is 0 Å². The molecule has 6 heteroatoms. The Hall–Kier alpha value is -2.21. The van der Waals surface area contributed by atoms with Crippen molar-refractivity contribution < 1.29 is 9.32 Å². The van der Waals surface area contributed by atoms with Gasteiger partial charge >= 0.3 is 0 Å². The zero-order valence-electron chi connectivity index (χ0n) is 12.5. The molecule has 2 aliphatic heterocycles. The van der Waals surface area contributed by atoms with Crippen LogP contribution in [0.5, 0.6) is 0 Å². The minimum Gasteiger partial charge on any atom is -0.366 e. The van der Waals surface area contributed by atoms with Gasteiger partial charge in [-0.3, -0.25) is 4.79 Å². The summed E-state index contributed by atoms with van der Waals surface area (Å²) in [6.45, 7) is 4.86. The molecule has 2 aromatic rings. The molecule has 2 saturated heterocycles. The van der Waals surface area contributed by atoms with Crippen molar-refractivity contribution in [3.8, 4) is 11.5 Å². The van der Waals surface area contributed by atoms with Gasteiger partial charge in [-0.2, -0.15) is 4.98 Å². The Kier molecular flexibility index (Phi) is 3.18. The number of fused-ring (bicyclic) bond motifs is 1. The van der Waals surface area contributed by atoms with Crippen LogP contribution in [0.25, 0.3) is 11.5 Å². The van der Waals surface area contributed by atoms with Gasteiger partial charge in [0.2, 0.25) is 0 Å². The minimum absolute atomic E-state index is 0.403. The molecule has 0 spiro atoms. The van der Waals surface area contributed by atoms with Crippen molar-refractivity contribution in [2.24, 2.45) is 5.92 Å². The van der Waals surface area contributed by atoms with Crippen LogP contribution in [0.4, 0.5) is 5.69 Å². The number of piperidine rings is 1. The Balaban J connectivity index is 1.73. The second kappa shape index (κ2) is 5.21. The predicted molar refractivity (Wildman–Crippen MR) is 82.0 cm³/mol. The van der Waals surface area contributed by atoms with Crippen molar-refractivity contribution in [1.29, 1.82) is 0 Å². The molecule has 2 atom stereocenters. The summed E-state index contributed by atoms with van der Waals surface area (Å²) in [4.78, 5) is 18.3. The van der Waals surface area contributed by atoms with Crippen molar-refractivity contribution in [2.75, 3.05) is 24.5 Å². The Morgan fingerprint density at radius 2 is 2.36 bits per heavy atom. The predicted octanol–water partition coefficient (Wildman–Crippen LogP) is 1.66. The van der Waals surface area contributed by atoms with Gasteiger partial charge in [0, 0.05) is 24.8 Å². The van der Waals surface area contributed by atoms with Crippen LogP contribution in [0.15, 0.2) is 22.7 Å². The van der Waals surface area contributed by atoms with Gasteiger partial charge in [-0.25, -0.2) is 0 Å². The van der Waals surface area contributed by atoms with Crippen LogP contribution < -0.4 is 10.2 Å². The van der Waals surface area contributed by atoms with Crippen LogP contribution in [0.3, 0.4) is 0 Å². The second-order valence-electron chi connectivity index (χ2n) is 5.98. The third-order valence-corrected chi connectivity index (χ3v) is 4.69. The molecule has 1 aromatic heterocycles. The topological polar surface area (TPSA) is 71.3 Å².